The van der Waals surface area contributed by atoms with Crippen LogP contribution < -0.4 is 0 Å². The van der Waals surface area contributed by atoms with Crippen molar-refractivity contribution in [3.05, 3.63) is 35.9 Å². The standard InChI is InChI=1S/C14H11N5O3/c1-18-12(21)14(10(7-15)8-16-17-14)19(13(18)22)11(20)9-5-3-2-4-6-9/h2-6,10H,8H2,1H3/t10-,14+/m0/s1. The molecule has 0 N–H and O–H groups in total. The maximum atomic E-state index is 12.7. The molecule has 0 radical (unpaired) electrons. The van der Waals surface area contributed by atoms with Crippen molar-refractivity contribution in [2.45, 2.75) is 5.66 Å². The number of hydrogen-bond donors (Lipinski definition) is 0. The fraction of sp³-hybridized carbons (Fsp3) is 0.286. The van der Waals surface area contributed by atoms with Gasteiger partial charge in [-0.1, -0.05) is 18.2 Å². The van der Waals surface area contributed by atoms with Crippen LogP contribution in [0, 0.1) is 17.2 Å². The topological polar surface area (TPSA) is 106 Å². The van der Waals surface area contributed by atoms with Crippen molar-refractivity contribution in [2.75, 3.05) is 13.6 Å². The van der Waals surface area contributed by atoms with E-state index in [1.165, 1.54) is 19.2 Å². The Balaban J connectivity index is 2.14. The monoisotopic (exact) mass is 297 g/mol. The van der Waals surface area contributed by atoms with Crippen LogP contribution in [0.1, 0.15) is 10.4 Å². The van der Waals surface area contributed by atoms with Gasteiger partial charge in [-0.2, -0.15) is 15.5 Å². The predicted molar refractivity (Wildman–Crippen MR) is 72.3 cm³/mol. The molecule has 1 aromatic rings. The molecular weight excluding hydrogens is 286 g/mol. The molecule has 2 aliphatic heterocycles. The average molecular weight is 297 g/mol. The van der Waals surface area contributed by atoms with E-state index < -0.39 is 29.4 Å². The molecule has 8 heteroatoms. The molecule has 0 bridgehead atoms. The van der Waals surface area contributed by atoms with Gasteiger partial charge in [0.1, 0.15) is 5.92 Å². The van der Waals surface area contributed by atoms with Crippen LogP contribution in [0.4, 0.5) is 4.79 Å². The van der Waals surface area contributed by atoms with Crippen molar-refractivity contribution in [1.29, 1.82) is 5.26 Å². The molecule has 1 fully saturated rings. The van der Waals surface area contributed by atoms with Crippen LogP contribution in [-0.4, -0.2) is 46.9 Å². The number of carbonyl (C=O) groups is 3. The molecule has 2 heterocycles. The van der Waals surface area contributed by atoms with Crippen molar-refractivity contribution in [2.24, 2.45) is 16.1 Å². The highest BCUT2D eigenvalue weighted by Crippen LogP contribution is 2.40. The summed E-state index contributed by atoms with van der Waals surface area (Å²) < 4.78 is 0. The van der Waals surface area contributed by atoms with Crippen LogP contribution in [-0.2, 0) is 4.79 Å². The van der Waals surface area contributed by atoms with Crippen LogP contribution >= 0.6 is 0 Å². The fourth-order valence-corrected chi connectivity index (χ4v) is 2.63. The van der Waals surface area contributed by atoms with Gasteiger partial charge in [0, 0.05) is 12.6 Å². The SMILES string of the molecule is CN1C(=O)N(C(=O)c2ccccc2)[C@@]2(N=NC[C@@H]2C#N)C1=O. The Morgan fingerprint density at radius 1 is 1.36 bits per heavy atom. The van der Waals surface area contributed by atoms with E-state index in [2.05, 4.69) is 10.2 Å². The summed E-state index contributed by atoms with van der Waals surface area (Å²) >= 11 is 0. The molecule has 1 saturated heterocycles. The molecule has 0 aromatic heterocycles. The van der Waals surface area contributed by atoms with E-state index in [0.717, 1.165) is 9.80 Å². The lowest BCUT2D eigenvalue weighted by molar-refractivity contribution is -0.132. The van der Waals surface area contributed by atoms with Gasteiger partial charge in [-0.3, -0.25) is 14.5 Å². The zero-order valence-corrected chi connectivity index (χ0v) is 11.6. The first-order chi connectivity index (χ1) is 10.5. The number of carbonyl (C=O) groups excluding carboxylic acids is 3. The molecule has 22 heavy (non-hydrogen) atoms. The number of rotatable bonds is 1. The summed E-state index contributed by atoms with van der Waals surface area (Å²) in [6.07, 6.45) is 0. The van der Waals surface area contributed by atoms with Gasteiger partial charge in [-0.05, 0) is 12.1 Å². The first-order valence-corrected chi connectivity index (χ1v) is 6.54. The molecule has 2 atom stereocenters. The van der Waals surface area contributed by atoms with Crippen molar-refractivity contribution in [3.8, 4) is 6.07 Å². The Hall–Kier alpha value is -3.08. The largest absolute Gasteiger partial charge is 0.336 e. The number of nitriles is 1. The quantitative estimate of drug-likeness (QED) is 0.721. The lowest BCUT2D eigenvalue weighted by atomic mass is 9.93. The Labute approximate surface area is 125 Å². The van der Waals surface area contributed by atoms with Gasteiger partial charge in [0.25, 0.3) is 17.5 Å². The van der Waals surface area contributed by atoms with E-state index in [4.69, 9.17) is 0 Å². The summed E-state index contributed by atoms with van der Waals surface area (Å²) in [7, 11) is 1.26. The molecule has 1 aromatic carbocycles. The second-order valence-corrected chi connectivity index (χ2v) is 4.99. The highest BCUT2D eigenvalue weighted by molar-refractivity contribution is 6.17. The number of imide groups is 2. The van der Waals surface area contributed by atoms with Gasteiger partial charge < -0.3 is 0 Å². The number of likely N-dealkylation sites (N-methyl/N-ethyl adjacent to an activating group) is 1. The predicted octanol–water partition coefficient (Wildman–Crippen LogP) is 1.02. The molecule has 8 nitrogen and oxygen atoms in total. The van der Waals surface area contributed by atoms with E-state index in [1.54, 1.807) is 18.2 Å². The van der Waals surface area contributed by atoms with E-state index in [9.17, 15) is 19.6 Å². The first kappa shape index (κ1) is 13.9. The smallest absolute Gasteiger partial charge is 0.269 e. The lowest BCUT2D eigenvalue weighted by Crippen LogP contribution is -2.54. The first-order valence-electron chi connectivity index (χ1n) is 6.54. The minimum atomic E-state index is -1.88. The molecule has 110 valence electrons. The number of amides is 4. The lowest BCUT2D eigenvalue weighted by Gasteiger charge is -2.28. The normalized spacial score (nSPS) is 26.8. The number of nitrogens with zero attached hydrogens (tertiary/aromatic N) is 5. The van der Waals surface area contributed by atoms with Gasteiger partial charge in [0.2, 0.25) is 0 Å². The Morgan fingerprint density at radius 2 is 2.05 bits per heavy atom. The Morgan fingerprint density at radius 3 is 2.68 bits per heavy atom. The number of azo groups is 1. The molecule has 2 aliphatic rings. The van der Waals surface area contributed by atoms with Gasteiger partial charge in [-0.15, -0.1) is 0 Å². The number of hydrogen-bond acceptors (Lipinski definition) is 6. The van der Waals surface area contributed by atoms with Crippen LogP contribution in [0.2, 0.25) is 0 Å². The third-order valence-corrected chi connectivity index (χ3v) is 3.79. The Kier molecular flexibility index (Phi) is 2.99. The maximum absolute atomic E-state index is 12.7. The van der Waals surface area contributed by atoms with Crippen LogP contribution in [0.25, 0.3) is 0 Å². The zero-order chi connectivity index (χ0) is 15.9. The van der Waals surface area contributed by atoms with Gasteiger partial charge in [0.05, 0.1) is 12.6 Å². The summed E-state index contributed by atoms with van der Waals surface area (Å²) in [6.45, 7) is -0.0259. The molecule has 0 unspecified atom stereocenters. The number of benzene rings is 1. The van der Waals surface area contributed by atoms with Gasteiger partial charge >= 0.3 is 6.03 Å². The van der Waals surface area contributed by atoms with E-state index in [0.29, 0.717) is 0 Å². The molecule has 4 amide bonds. The third kappa shape index (κ3) is 1.59. The minimum Gasteiger partial charge on any atom is -0.269 e. The van der Waals surface area contributed by atoms with Gasteiger partial charge in [0.15, 0.2) is 0 Å². The van der Waals surface area contributed by atoms with Crippen LogP contribution in [0.5, 0.6) is 0 Å². The van der Waals surface area contributed by atoms with Crippen LogP contribution in [0.3, 0.4) is 0 Å². The molecule has 0 aliphatic carbocycles. The molecule has 1 spiro atoms. The average Bonchev–Trinajstić information content (AvgIpc) is 3.05. The van der Waals surface area contributed by atoms with Gasteiger partial charge in [-0.25, -0.2) is 9.69 Å². The van der Waals surface area contributed by atoms with E-state index in [1.807, 2.05) is 6.07 Å². The summed E-state index contributed by atoms with van der Waals surface area (Å²) in [5.41, 5.74) is -1.65. The summed E-state index contributed by atoms with van der Waals surface area (Å²) in [4.78, 5) is 39.0. The Bertz CT molecular complexity index is 739. The second kappa shape index (κ2) is 4.73. The highest BCUT2D eigenvalue weighted by Gasteiger charge is 2.66. The van der Waals surface area contributed by atoms with Crippen LogP contribution in [0.15, 0.2) is 40.6 Å². The number of urea groups is 1. The van der Waals surface area contributed by atoms with Crippen molar-refractivity contribution in [1.82, 2.24) is 9.80 Å². The zero-order valence-electron chi connectivity index (χ0n) is 11.6. The summed E-state index contributed by atoms with van der Waals surface area (Å²) in [5, 5.41) is 16.8. The molecular formula is C14H11N5O3. The summed E-state index contributed by atoms with van der Waals surface area (Å²) in [6, 6.07) is 9.18. The minimum absolute atomic E-state index is 0.0259. The third-order valence-electron chi connectivity index (χ3n) is 3.79. The maximum Gasteiger partial charge on any atom is 0.336 e. The fourth-order valence-electron chi connectivity index (χ4n) is 2.63. The molecule has 0 saturated carbocycles. The second-order valence-electron chi connectivity index (χ2n) is 4.99. The highest BCUT2D eigenvalue weighted by atomic mass is 16.2. The van der Waals surface area contributed by atoms with E-state index >= 15 is 0 Å². The van der Waals surface area contributed by atoms with Crippen molar-refractivity contribution in [3.63, 3.8) is 0 Å². The molecule has 3 rings (SSSR count). The van der Waals surface area contributed by atoms with Crippen molar-refractivity contribution < 1.29 is 14.4 Å². The summed E-state index contributed by atoms with van der Waals surface area (Å²) in [5.74, 6) is -2.37. The van der Waals surface area contributed by atoms with E-state index in [-0.39, 0.29) is 12.1 Å². The van der Waals surface area contributed by atoms with Crippen molar-refractivity contribution >= 4 is 17.8 Å².